The van der Waals surface area contributed by atoms with Gasteiger partial charge in [0.2, 0.25) is 16.8 Å². The first-order valence-corrected chi connectivity index (χ1v) is 14.3. The van der Waals surface area contributed by atoms with E-state index in [2.05, 4.69) is 36.1 Å². The summed E-state index contributed by atoms with van der Waals surface area (Å²) in [6.07, 6.45) is 2.32. The van der Waals surface area contributed by atoms with Gasteiger partial charge in [0.05, 0.1) is 12.5 Å². The van der Waals surface area contributed by atoms with Gasteiger partial charge in [-0.2, -0.15) is 0 Å². The number of carboxylic acid groups (broad SMARTS) is 1. The number of carbonyl (C=O) groups is 4. The van der Waals surface area contributed by atoms with Crippen LogP contribution in [0.1, 0.15) is 11.6 Å². The predicted octanol–water partition coefficient (Wildman–Crippen LogP) is -0.939. The molecule has 2 unspecified atom stereocenters. The van der Waals surface area contributed by atoms with Crippen LogP contribution in [0.25, 0.3) is 0 Å². The Balaban J connectivity index is 1.27. The lowest BCUT2D eigenvalue weighted by Gasteiger charge is -2.49. The zero-order valence-electron chi connectivity index (χ0n) is 21.8. The minimum Gasteiger partial charge on any atom is -0.477 e. The molecule has 218 valence electrons. The van der Waals surface area contributed by atoms with Crippen LogP contribution in [-0.2, 0) is 26.2 Å². The number of thioether (sulfide) groups is 2. The Morgan fingerprint density at radius 1 is 1.26 bits per heavy atom. The van der Waals surface area contributed by atoms with Crippen LogP contribution >= 0.6 is 23.5 Å². The van der Waals surface area contributed by atoms with E-state index in [1.807, 2.05) is 0 Å². The Labute approximate surface area is 245 Å². The number of ether oxygens (including phenoxy) is 1. The minimum absolute atomic E-state index is 0.132. The number of nitrogens with zero attached hydrogens (tertiary/aromatic N) is 6. The number of hydrogen-bond acceptors (Lipinski definition) is 12. The molecule has 1 fully saturated rings. The molecule has 2 aromatic heterocycles. The number of carbonyl (C=O) groups excluding carboxylic acids is 3. The lowest BCUT2D eigenvalue weighted by atomic mass is 10.0. The molecule has 2 aliphatic rings. The molecule has 2 aliphatic heterocycles. The quantitative estimate of drug-likeness (QED) is 0.152. The summed E-state index contributed by atoms with van der Waals surface area (Å²) in [6.45, 7) is -0.571. The Bertz CT molecular complexity index is 1610. The summed E-state index contributed by atoms with van der Waals surface area (Å²) in [7, 11) is 1.66. The Morgan fingerprint density at radius 3 is 2.74 bits per heavy atom. The molecule has 1 saturated heterocycles. The fraction of sp³-hybridized carbons (Fsp3) is 0.292. The topological polar surface area (TPSA) is 214 Å². The highest BCUT2D eigenvalue weighted by Gasteiger charge is 2.54. The average molecular weight is 614 g/mol. The third kappa shape index (κ3) is 5.98. The number of aromatic nitrogens is 6. The van der Waals surface area contributed by atoms with Crippen molar-refractivity contribution in [1.82, 2.24) is 45.7 Å². The maximum Gasteiger partial charge on any atom is 0.352 e. The fourth-order valence-electron chi connectivity index (χ4n) is 4.25. The van der Waals surface area contributed by atoms with Gasteiger partial charge in [0.25, 0.3) is 17.4 Å². The Morgan fingerprint density at radius 2 is 2.05 bits per heavy atom. The molecule has 4 N–H and O–H groups in total. The highest BCUT2D eigenvalue weighted by Crippen LogP contribution is 2.41. The van der Waals surface area contributed by atoms with E-state index >= 15 is 0 Å². The molecule has 18 heteroatoms. The normalized spacial score (nSPS) is 18.5. The second-order valence-electron chi connectivity index (χ2n) is 8.97. The van der Waals surface area contributed by atoms with E-state index in [0.717, 1.165) is 6.20 Å². The van der Waals surface area contributed by atoms with Crippen LogP contribution in [0, 0.1) is 0 Å². The zero-order chi connectivity index (χ0) is 29.8. The molecule has 42 heavy (non-hydrogen) atoms. The van der Waals surface area contributed by atoms with Crippen molar-refractivity contribution in [3.8, 4) is 5.75 Å². The maximum absolute atomic E-state index is 13.4. The smallest absolute Gasteiger partial charge is 0.352 e. The second-order valence-corrected chi connectivity index (χ2v) is 11.0. The van der Waals surface area contributed by atoms with Crippen LogP contribution in [0.3, 0.4) is 0 Å². The summed E-state index contributed by atoms with van der Waals surface area (Å²) in [5.41, 5.74) is 0.255. The van der Waals surface area contributed by atoms with Gasteiger partial charge in [0.15, 0.2) is 6.61 Å². The summed E-state index contributed by atoms with van der Waals surface area (Å²) >= 11 is 2.56. The monoisotopic (exact) mass is 613 g/mol. The van der Waals surface area contributed by atoms with Crippen molar-refractivity contribution in [1.29, 1.82) is 0 Å². The number of rotatable bonds is 11. The lowest BCUT2D eigenvalue weighted by Crippen LogP contribution is -2.71. The van der Waals surface area contributed by atoms with Crippen LogP contribution in [0.2, 0.25) is 0 Å². The second kappa shape index (κ2) is 12.4. The van der Waals surface area contributed by atoms with Gasteiger partial charge in [-0.15, -0.1) is 16.9 Å². The number of aromatic amines is 1. The van der Waals surface area contributed by atoms with Gasteiger partial charge >= 0.3 is 5.97 Å². The molecule has 5 rings (SSSR count). The number of β-lactam (4-membered cyclic amide) rings is 1. The fourth-order valence-corrected chi connectivity index (χ4v) is 6.59. The molecule has 4 heterocycles. The molecular formula is C24H23N9O7S2. The van der Waals surface area contributed by atoms with Crippen molar-refractivity contribution in [2.75, 3.05) is 18.1 Å². The number of tetrazole rings is 1. The number of H-pyrrole nitrogens is 1. The lowest BCUT2D eigenvalue weighted by molar-refractivity contribution is -0.151. The van der Waals surface area contributed by atoms with E-state index in [1.54, 1.807) is 37.4 Å². The van der Waals surface area contributed by atoms with Gasteiger partial charge in [0, 0.05) is 18.6 Å². The molecule has 0 bridgehead atoms. The molecule has 3 aromatic rings. The number of benzene rings is 1. The molecule has 1 aromatic carbocycles. The number of nitrogens with one attached hydrogen (secondary N) is 3. The van der Waals surface area contributed by atoms with Crippen LogP contribution in [0.5, 0.6) is 5.75 Å². The Hall–Kier alpha value is -4.71. The molecular weight excluding hydrogens is 590 g/mol. The van der Waals surface area contributed by atoms with Crippen molar-refractivity contribution in [3.05, 3.63) is 70.0 Å². The van der Waals surface area contributed by atoms with Gasteiger partial charge in [-0.3, -0.25) is 24.1 Å². The first-order chi connectivity index (χ1) is 20.2. The largest absolute Gasteiger partial charge is 0.477 e. The number of fused-ring (bicyclic) bond motifs is 1. The molecule has 16 nitrogen and oxygen atoms in total. The van der Waals surface area contributed by atoms with Crippen molar-refractivity contribution < 1.29 is 29.0 Å². The molecule has 3 amide bonds. The van der Waals surface area contributed by atoms with Crippen LogP contribution in [0.15, 0.2) is 64.1 Å². The first kappa shape index (κ1) is 28.8. The van der Waals surface area contributed by atoms with Gasteiger partial charge in [-0.1, -0.05) is 42.1 Å². The van der Waals surface area contributed by atoms with Gasteiger partial charge in [-0.05, 0) is 21.6 Å². The zero-order valence-corrected chi connectivity index (χ0v) is 23.4. The van der Waals surface area contributed by atoms with E-state index in [0.29, 0.717) is 22.0 Å². The van der Waals surface area contributed by atoms with E-state index < -0.39 is 53.3 Å². The molecule has 0 aliphatic carbocycles. The minimum atomic E-state index is -1.26. The maximum atomic E-state index is 13.4. The van der Waals surface area contributed by atoms with Crippen LogP contribution in [-0.4, -0.2) is 93.4 Å². The van der Waals surface area contributed by atoms with E-state index in [1.165, 1.54) is 39.4 Å². The highest BCUT2D eigenvalue weighted by atomic mass is 32.2. The number of amides is 3. The molecule has 0 saturated carbocycles. The summed E-state index contributed by atoms with van der Waals surface area (Å²) < 4.78 is 6.68. The average Bonchev–Trinajstić information content (AvgIpc) is 3.41. The third-order valence-corrected chi connectivity index (χ3v) is 8.69. The van der Waals surface area contributed by atoms with Crippen molar-refractivity contribution in [2.45, 2.75) is 22.6 Å². The van der Waals surface area contributed by atoms with Gasteiger partial charge in [0.1, 0.15) is 23.2 Å². The summed E-state index contributed by atoms with van der Waals surface area (Å²) in [6, 6.07) is 6.14. The van der Waals surface area contributed by atoms with Crippen LogP contribution in [0.4, 0.5) is 0 Å². The predicted molar refractivity (Wildman–Crippen MR) is 147 cm³/mol. The summed E-state index contributed by atoms with van der Waals surface area (Å²) in [5, 5.41) is 26.2. The van der Waals surface area contributed by atoms with E-state index in [9.17, 15) is 29.1 Å². The SMILES string of the molecule is Cn1nnnc1SCC1=C(C(=O)O)N2C(=O)C(NC(=O)C(NC(=O)COc3cnc[nH]c3=O)c3ccccc3)[C@@H]2SC1. The molecule has 0 spiro atoms. The number of aliphatic carboxylic acids is 1. The van der Waals surface area contributed by atoms with Crippen molar-refractivity contribution in [3.63, 3.8) is 0 Å². The number of carboxylic acids is 1. The highest BCUT2D eigenvalue weighted by molar-refractivity contribution is 8.01. The standard InChI is InChI=1S/C24H23N9O7S2/c1-32-24(29-30-31-32)42-10-13-9-41-22-17(21(37)33(22)18(13)23(38)39)28-20(36)16(12-5-3-2-4-6-12)27-15(34)8-40-14-7-25-11-26-19(14)35/h2-7,11,16-17,22H,8-10H2,1H3,(H,27,34)(H,28,36)(H,38,39)(H,25,26,35)/t16?,17?,22-/m0/s1. The summed E-state index contributed by atoms with van der Waals surface area (Å²) in [4.78, 5) is 70.4. The van der Waals surface area contributed by atoms with Crippen molar-refractivity contribution in [2.24, 2.45) is 7.05 Å². The third-order valence-electron chi connectivity index (χ3n) is 6.25. The molecule has 3 atom stereocenters. The summed E-state index contributed by atoms with van der Waals surface area (Å²) in [5.74, 6) is -2.83. The van der Waals surface area contributed by atoms with Gasteiger partial charge in [-0.25, -0.2) is 14.5 Å². The van der Waals surface area contributed by atoms with Gasteiger partial charge < -0.3 is 25.5 Å². The Kier molecular flexibility index (Phi) is 8.53. The molecule has 0 radical (unpaired) electrons. The number of hydrogen-bond donors (Lipinski definition) is 4. The number of aryl methyl sites for hydroxylation is 1. The first-order valence-electron chi connectivity index (χ1n) is 12.3. The van der Waals surface area contributed by atoms with E-state index in [4.69, 9.17) is 4.74 Å². The van der Waals surface area contributed by atoms with Crippen molar-refractivity contribution >= 4 is 47.2 Å². The van der Waals surface area contributed by atoms with Crippen LogP contribution < -0.4 is 20.9 Å². The van der Waals surface area contributed by atoms with E-state index in [-0.39, 0.29) is 17.2 Å².